The Morgan fingerprint density at radius 2 is 1.87 bits per heavy atom. The van der Waals surface area contributed by atoms with Crippen molar-refractivity contribution < 1.29 is 14.3 Å². The quantitative estimate of drug-likeness (QED) is 0.482. The Labute approximate surface area is 174 Å². The first kappa shape index (κ1) is 19.9. The Hall–Kier alpha value is -3.35. The second-order valence-corrected chi connectivity index (χ2v) is 7.65. The number of benzene rings is 2. The molecule has 1 fully saturated rings. The number of amides is 1. The number of nitrogens with zero attached hydrogens (tertiary/aromatic N) is 2. The molecule has 0 spiro atoms. The summed E-state index contributed by atoms with van der Waals surface area (Å²) in [5.41, 5.74) is 2.50. The zero-order valence-electron chi connectivity index (χ0n) is 16.9. The number of nitrogens with one attached hydrogen (secondary N) is 1. The molecule has 7 heteroatoms. The maximum Gasteiger partial charge on any atom is 0.326 e. The Kier molecular flexibility index (Phi) is 5.70. The minimum Gasteiger partial charge on any atom is -0.465 e. The molecule has 1 amide bonds. The number of likely N-dealkylation sites (tertiary alicyclic amines) is 1. The molecule has 2 heterocycles. The number of hydrogen-bond donors (Lipinski definition) is 1. The summed E-state index contributed by atoms with van der Waals surface area (Å²) in [5, 5.41) is 0. The van der Waals surface area contributed by atoms with Gasteiger partial charge in [0.05, 0.1) is 29.6 Å². The molecule has 0 saturated carbocycles. The van der Waals surface area contributed by atoms with Gasteiger partial charge in [0.2, 0.25) is 5.91 Å². The number of hydrogen-bond acceptors (Lipinski definition) is 4. The molecular weight excluding hydrogens is 382 g/mol. The zero-order chi connectivity index (χ0) is 21.1. The van der Waals surface area contributed by atoms with Gasteiger partial charge < -0.3 is 14.6 Å². The number of para-hydroxylation sites is 2. The number of H-pyrrole nitrogens is 1. The number of ether oxygens (including phenoxy) is 1. The van der Waals surface area contributed by atoms with Crippen LogP contribution in [0.3, 0.4) is 0 Å². The molecule has 0 aliphatic carbocycles. The number of imidazole rings is 1. The number of esters is 1. The van der Waals surface area contributed by atoms with E-state index in [4.69, 9.17) is 4.74 Å². The van der Waals surface area contributed by atoms with E-state index in [9.17, 15) is 14.4 Å². The van der Waals surface area contributed by atoms with Crippen molar-refractivity contribution in [3.63, 3.8) is 0 Å². The fourth-order valence-electron chi connectivity index (χ4n) is 4.02. The number of carbonyl (C=O) groups is 2. The van der Waals surface area contributed by atoms with Crippen molar-refractivity contribution in [2.75, 3.05) is 13.2 Å². The average molecular weight is 407 g/mol. The largest absolute Gasteiger partial charge is 0.465 e. The Bertz CT molecular complexity index is 1100. The van der Waals surface area contributed by atoms with Crippen LogP contribution in [-0.4, -0.2) is 39.5 Å². The summed E-state index contributed by atoms with van der Waals surface area (Å²) in [4.78, 5) is 41.5. The van der Waals surface area contributed by atoms with Crippen molar-refractivity contribution in [1.29, 1.82) is 0 Å². The summed E-state index contributed by atoms with van der Waals surface area (Å²) < 4.78 is 7.06. The highest BCUT2D eigenvalue weighted by molar-refractivity contribution is 5.87. The molecule has 3 aromatic rings. The smallest absolute Gasteiger partial charge is 0.326 e. The number of aromatic nitrogens is 2. The van der Waals surface area contributed by atoms with Crippen molar-refractivity contribution in [3.8, 4) is 0 Å². The molecule has 0 unspecified atom stereocenters. The van der Waals surface area contributed by atoms with Gasteiger partial charge in [0.1, 0.15) is 0 Å². The van der Waals surface area contributed by atoms with E-state index in [1.54, 1.807) is 9.47 Å². The summed E-state index contributed by atoms with van der Waals surface area (Å²) in [6, 6.07) is 17.2. The monoisotopic (exact) mass is 407 g/mol. The minimum atomic E-state index is -0.445. The lowest BCUT2D eigenvalue weighted by atomic mass is 10.1. The topological polar surface area (TPSA) is 84.4 Å². The molecule has 1 N–H and O–H groups in total. The van der Waals surface area contributed by atoms with Crippen molar-refractivity contribution >= 4 is 22.9 Å². The molecule has 1 aliphatic heterocycles. The third-order valence-electron chi connectivity index (χ3n) is 5.69. The first-order valence-corrected chi connectivity index (χ1v) is 10.2. The number of fused-ring (bicyclic) bond motifs is 1. The van der Waals surface area contributed by atoms with Crippen LogP contribution in [0, 0.1) is 5.92 Å². The van der Waals surface area contributed by atoms with Crippen LogP contribution in [0.1, 0.15) is 31.4 Å². The van der Waals surface area contributed by atoms with Crippen molar-refractivity contribution in [2.45, 2.75) is 32.4 Å². The highest BCUT2D eigenvalue weighted by atomic mass is 16.5. The Balaban J connectivity index is 1.29. The number of rotatable bonds is 7. The van der Waals surface area contributed by atoms with Crippen molar-refractivity contribution in [1.82, 2.24) is 14.5 Å². The molecule has 30 heavy (non-hydrogen) atoms. The Morgan fingerprint density at radius 3 is 2.67 bits per heavy atom. The van der Waals surface area contributed by atoms with Gasteiger partial charge in [-0.1, -0.05) is 42.5 Å². The van der Waals surface area contributed by atoms with Crippen LogP contribution < -0.4 is 5.69 Å². The first-order chi connectivity index (χ1) is 14.5. The summed E-state index contributed by atoms with van der Waals surface area (Å²) in [6.45, 7) is 3.01. The van der Waals surface area contributed by atoms with Gasteiger partial charge in [-0.2, -0.15) is 0 Å². The van der Waals surface area contributed by atoms with E-state index in [0.29, 0.717) is 19.5 Å². The predicted octanol–water partition coefficient (Wildman–Crippen LogP) is 2.87. The van der Waals surface area contributed by atoms with E-state index < -0.39 is 5.92 Å². The summed E-state index contributed by atoms with van der Waals surface area (Å²) in [5.74, 6) is -0.824. The third-order valence-corrected chi connectivity index (χ3v) is 5.69. The van der Waals surface area contributed by atoms with Gasteiger partial charge >= 0.3 is 11.7 Å². The summed E-state index contributed by atoms with van der Waals surface area (Å²) in [7, 11) is 0. The van der Waals surface area contributed by atoms with E-state index in [1.807, 2.05) is 61.5 Å². The molecule has 2 aromatic carbocycles. The maximum absolute atomic E-state index is 12.5. The van der Waals surface area contributed by atoms with Crippen LogP contribution in [0.5, 0.6) is 0 Å². The molecule has 1 aliphatic rings. The number of aryl methyl sites for hydroxylation is 1. The summed E-state index contributed by atoms with van der Waals surface area (Å²) in [6.07, 6.45) is 0.705. The SMILES string of the molecule is C[C@H](c1ccccc1)N1C[C@@H](C(=O)OCCCn2c(=O)[nH]c3ccccc32)CC1=O. The highest BCUT2D eigenvalue weighted by Crippen LogP contribution is 2.29. The van der Waals surface area contributed by atoms with E-state index in [-0.39, 0.29) is 36.6 Å². The molecule has 156 valence electrons. The number of aromatic amines is 1. The molecule has 2 atom stereocenters. The van der Waals surface area contributed by atoms with Crippen LogP contribution in [0.2, 0.25) is 0 Å². The van der Waals surface area contributed by atoms with Gasteiger partial charge in [-0.3, -0.25) is 14.2 Å². The lowest BCUT2D eigenvalue weighted by Crippen LogP contribution is -2.29. The van der Waals surface area contributed by atoms with Crippen LogP contribution in [-0.2, 0) is 20.9 Å². The highest BCUT2D eigenvalue weighted by Gasteiger charge is 2.37. The van der Waals surface area contributed by atoms with Crippen LogP contribution in [0.4, 0.5) is 0 Å². The second-order valence-electron chi connectivity index (χ2n) is 7.65. The van der Waals surface area contributed by atoms with Crippen molar-refractivity contribution in [3.05, 3.63) is 70.6 Å². The summed E-state index contributed by atoms with van der Waals surface area (Å²) >= 11 is 0. The second kappa shape index (κ2) is 8.57. The predicted molar refractivity (Wildman–Crippen MR) is 113 cm³/mol. The van der Waals surface area contributed by atoms with Gasteiger partial charge in [0.15, 0.2) is 0 Å². The van der Waals surface area contributed by atoms with Crippen LogP contribution >= 0.6 is 0 Å². The van der Waals surface area contributed by atoms with E-state index >= 15 is 0 Å². The fourth-order valence-corrected chi connectivity index (χ4v) is 4.02. The molecular formula is C23H25N3O4. The van der Waals surface area contributed by atoms with Crippen molar-refractivity contribution in [2.24, 2.45) is 5.92 Å². The lowest BCUT2D eigenvalue weighted by Gasteiger charge is -2.25. The van der Waals surface area contributed by atoms with Crippen LogP contribution in [0.25, 0.3) is 11.0 Å². The Morgan fingerprint density at radius 1 is 1.13 bits per heavy atom. The first-order valence-electron chi connectivity index (χ1n) is 10.2. The fraction of sp³-hybridized carbons (Fsp3) is 0.348. The van der Waals surface area contributed by atoms with E-state index in [0.717, 1.165) is 16.6 Å². The molecule has 0 bridgehead atoms. The molecule has 1 saturated heterocycles. The number of carbonyl (C=O) groups excluding carboxylic acids is 2. The van der Waals surface area contributed by atoms with E-state index in [1.165, 1.54) is 0 Å². The molecule has 7 nitrogen and oxygen atoms in total. The van der Waals surface area contributed by atoms with Gasteiger partial charge in [-0.05, 0) is 31.0 Å². The normalized spacial score (nSPS) is 17.4. The average Bonchev–Trinajstić information content (AvgIpc) is 3.30. The van der Waals surface area contributed by atoms with Gasteiger partial charge in [-0.25, -0.2) is 4.79 Å². The lowest BCUT2D eigenvalue weighted by molar-refractivity contribution is -0.148. The maximum atomic E-state index is 12.5. The van der Waals surface area contributed by atoms with Gasteiger partial charge in [-0.15, -0.1) is 0 Å². The standard InChI is InChI=1S/C23H25N3O4/c1-16(17-8-3-2-4-9-17)26-15-18(14-21(26)27)22(28)30-13-7-12-25-20-11-6-5-10-19(20)24-23(25)29/h2-6,8-11,16,18H,7,12-15H2,1H3,(H,24,29)/t16-,18+/m1/s1. The third kappa shape index (κ3) is 4.01. The minimum absolute atomic E-state index is 0.0290. The van der Waals surface area contributed by atoms with Gasteiger partial charge in [0.25, 0.3) is 0 Å². The molecule has 0 radical (unpaired) electrons. The molecule has 1 aromatic heterocycles. The van der Waals surface area contributed by atoms with Gasteiger partial charge in [0, 0.05) is 19.5 Å². The molecule has 4 rings (SSSR count). The zero-order valence-corrected chi connectivity index (χ0v) is 16.9. The van der Waals surface area contributed by atoms with Crippen LogP contribution in [0.15, 0.2) is 59.4 Å². The van der Waals surface area contributed by atoms with E-state index in [2.05, 4.69) is 4.98 Å².